The van der Waals surface area contributed by atoms with Gasteiger partial charge in [-0.3, -0.25) is 9.78 Å². The van der Waals surface area contributed by atoms with Crippen LogP contribution in [0.5, 0.6) is 0 Å². The second-order valence-electron chi connectivity index (χ2n) is 5.62. The molecule has 0 aliphatic rings. The standard InChI is InChI=1S/C17H22N4O/c1-12(2)19-17(22)16-11-14(9-10-18-16)20-13-5-7-15(8-6-13)21(3)4/h5-12H,1-4H3,(H,18,20)(H,19,22). The highest BCUT2D eigenvalue weighted by Crippen LogP contribution is 2.20. The van der Waals surface area contributed by atoms with E-state index in [9.17, 15) is 4.79 Å². The number of nitrogens with one attached hydrogen (secondary N) is 2. The minimum absolute atomic E-state index is 0.0875. The molecule has 116 valence electrons. The third kappa shape index (κ3) is 4.22. The van der Waals surface area contributed by atoms with Crippen LogP contribution < -0.4 is 15.5 Å². The number of carbonyl (C=O) groups is 1. The predicted molar refractivity (Wildman–Crippen MR) is 90.9 cm³/mol. The Kier molecular flexibility index (Phi) is 4.99. The summed E-state index contributed by atoms with van der Waals surface area (Å²) in [5.41, 5.74) is 3.34. The van der Waals surface area contributed by atoms with Crippen LogP contribution in [0.3, 0.4) is 0 Å². The number of hydrogen-bond donors (Lipinski definition) is 2. The number of hydrogen-bond acceptors (Lipinski definition) is 4. The van der Waals surface area contributed by atoms with Crippen molar-refractivity contribution in [2.24, 2.45) is 0 Å². The van der Waals surface area contributed by atoms with Gasteiger partial charge in [-0.15, -0.1) is 0 Å². The first-order chi connectivity index (χ1) is 10.5. The molecule has 1 heterocycles. The number of benzene rings is 1. The molecule has 22 heavy (non-hydrogen) atoms. The summed E-state index contributed by atoms with van der Waals surface area (Å²) in [7, 11) is 4.01. The van der Waals surface area contributed by atoms with Crippen molar-refractivity contribution in [3.05, 3.63) is 48.3 Å². The van der Waals surface area contributed by atoms with E-state index < -0.39 is 0 Å². The molecule has 1 aromatic heterocycles. The normalized spacial score (nSPS) is 10.4. The summed E-state index contributed by atoms with van der Waals surface area (Å²) < 4.78 is 0. The van der Waals surface area contributed by atoms with Crippen molar-refractivity contribution in [1.29, 1.82) is 0 Å². The lowest BCUT2D eigenvalue weighted by atomic mass is 10.2. The van der Waals surface area contributed by atoms with Crippen LogP contribution in [0.2, 0.25) is 0 Å². The molecule has 0 fully saturated rings. The van der Waals surface area contributed by atoms with Gasteiger partial charge in [-0.2, -0.15) is 0 Å². The van der Waals surface area contributed by atoms with Gasteiger partial charge in [0.1, 0.15) is 5.69 Å². The summed E-state index contributed by atoms with van der Waals surface area (Å²) in [5, 5.41) is 6.12. The molecular formula is C17H22N4O. The Hall–Kier alpha value is -2.56. The lowest BCUT2D eigenvalue weighted by Gasteiger charge is -2.14. The molecule has 1 aromatic carbocycles. The van der Waals surface area contributed by atoms with Crippen molar-refractivity contribution in [3.63, 3.8) is 0 Å². The van der Waals surface area contributed by atoms with Gasteiger partial charge in [-0.1, -0.05) is 0 Å². The highest BCUT2D eigenvalue weighted by atomic mass is 16.1. The van der Waals surface area contributed by atoms with Crippen LogP contribution in [-0.2, 0) is 0 Å². The van der Waals surface area contributed by atoms with Gasteiger partial charge in [0.25, 0.3) is 5.91 Å². The third-order valence-electron chi connectivity index (χ3n) is 3.08. The number of anilines is 3. The largest absolute Gasteiger partial charge is 0.378 e. The van der Waals surface area contributed by atoms with E-state index in [1.165, 1.54) is 0 Å². The maximum atomic E-state index is 12.0. The number of rotatable bonds is 5. The van der Waals surface area contributed by atoms with Gasteiger partial charge in [0.15, 0.2) is 0 Å². The van der Waals surface area contributed by atoms with Gasteiger partial charge in [0, 0.05) is 43.4 Å². The number of amides is 1. The van der Waals surface area contributed by atoms with Crippen molar-refractivity contribution in [3.8, 4) is 0 Å². The second-order valence-corrected chi connectivity index (χ2v) is 5.62. The fourth-order valence-electron chi connectivity index (χ4n) is 1.98. The first kappa shape index (κ1) is 15.8. The number of pyridine rings is 1. The van der Waals surface area contributed by atoms with Gasteiger partial charge in [-0.25, -0.2) is 0 Å². The molecule has 0 bridgehead atoms. The van der Waals surface area contributed by atoms with E-state index in [1.807, 2.05) is 63.2 Å². The van der Waals surface area contributed by atoms with E-state index >= 15 is 0 Å². The zero-order valence-electron chi connectivity index (χ0n) is 13.4. The van der Waals surface area contributed by atoms with Crippen LogP contribution in [0.1, 0.15) is 24.3 Å². The van der Waals surface area contributed by atoms with E-state index in [-0.39, 0.29) is 11.9 Å². The molecule has 0 saturated heterocycles. The zero-order chi connectivity index (χ0) is 16.1. The average molecular weight is 298 g/mol. The van der Waals surface area contributed by atoms with Crippen LogP contribution in [0.25, 0.3) is 0 Å². The Morgan fingerprint density at radius 2 is 1.77 bits per heavy atom. The number of carbonyl (C=O) groups excluding carboxylic acids is 1. The van der Waals surface area contributed by atoms with Crippen LogP contribution in [0.15, 0.2) is 42.6 Å². The Balaban J connectivity index is 2.11. The molecule has 5 nitrogen and oxygen atoms in total. The van der Waals surface area contributed by atoms with Crippen molar-refractivity contribution in [2.75, 3.05) is 24.3 Å². The summed E-state index contributed by atoms with van der Waals surface area (Å²) in [6, 6.07) is 11.8. The van der Waals surface area contributed by atoms with Gasteiger partial charge in [0.05, 0.1) is 0 Å². The fraction of sp³-hybridized carbons (Fsp3) is 0.294. The monoisotopic (exact) mass is 298 g/mol. The molecule has 2 aromatic rings. The third-order valence-corrected chi connectivity index (χ3v) is 3.08. The first-order valence-electron chi connectivity index (χ1n) is 7.27. The number of nitrogens with zero attached hydrogens (tertiary/aromatic N) is 2. The molecule has 0 atom stereocenters. The quantitative estimate of drug-likeness (QED) is 0.891. The topological polar surface area (TPSA) is 57.3 Å². The lowest BCUT2D eigenvalue weighted by Crippen LogP contribution is -2.30. The summed E-state index contributed by atoms with van der Waals surface area (Å²) in [6.45, 7) is 3.85. The van der Waals surface area contributed by atoms with Crippen LogP contribution in [0, 0.1) is 0 Å². The molecule has 2 rings (SSSR count). The molecule has 2 N–H and O–H groups in total. The molecule has 0 aliphatic carbocycles. The van der Waals surface area contributed by atoms with E-state index in [0.717, 1.165) is 17.1 Å². The minimum atomic E-state index is -0.165. The van der Waals surface area contributed by atoms with Crippen molar-refractivity contribution >= 4 is 23.0 Å². The molecule has 1 amide bonds. The second kappa shape index (κ2) is 6.93. The van der Waals surface area contributed by atoms with E-state index in [0.29, 0.717) is 5.69 Å². The Morgan fingerprint density at radius 1 is 1.09 bits per heavy atom. The molecule has 0 aliphatic heterocycles. The van der Waals surface area contributed by atoms with Crippen molar-refractivity contribution in [1.82, 2.24) is 10.3 Å². The van der Waals surface area contributed by atoms with Gasteiger partial charge in [-0.05, 0) is 50.2 Å². The maximum Gasteiger partial charge on any atom is 0.270 e. The summed E-state index contributed by atoms with van der Waals surface area (Å²) >= 11 is 0. The van der Waals surface area contributed by atoms with Crippen LogP contribution in [-0.4, -0.2) is 31.0 Å². The van der Waals surface area contributed by atoms with Gasteiger partial charge in [0.2, 0.25) is 0 Å². The summed E-state index contributed by atoms with van der Waals surface area (Å²) in [6.07, 6.45) is 1.63. The Labute approximate surface area is 131 Å². The predicted octanol–water partition coefficient (Wildman–Crippen LogP) is 3.03. The number of aromatic nitrogens is 1. The highest BCUT2D eigenvalue weighted by Gasteiger charge is 2.09. The average Bonchev–Trinajstić information content (AvgIpc) is 2.47. The molecule has 0 unspecified atom stereocenters. The molecule has 5 heteroatoms. The maximum absolute atomic E-state index is 12.0. The van der Waals surface area contributed by atoms with E-state index in [4.69, 9.17) is 0 Å². The van der Waals surface area contributed by atoms with Crippen molar-refractivity contribution in [2.45, 2.75) is 19.9 Å². The summed E-state index contributed by atoms with van der Waals surface area (Å²) in [4.78, 5) is 18.1. The SMILES string of the molecule is CC(C)NC(=O)c1cc(Nc2ccc(N(C)C)cc2)ccn1. The Bertz CT molecular complexity index is 635. The van der Waals surface area contributed by atoms with E-state index in [2.05, 4.69) is 15.6 Å². The zero-order valence-corrected chi connectivity index (χ0v) is 13.4. The molecule has 0 saturated carbocycles. The fourth-order valence-corrected chi connectivity index (χ4v) is 1.98. The van der Waals surface area contributed by atoms with Crippen LogP contribution >= 0.6 is 0 Å². The lowest BCUT2D eigenvalue weighted by molar-refractivity contribution is 0.0938. The highest BCUT2D eigenvalue weighted by molar-refractivity contribution is 5.93. The van der Waals surface area contributed by atoms with Crippen molar-refractivity contribution < 1.29 is 4.79 Å². The minimum Gasteiger partial charge on any atom is -0.378 e. The van der Waals surface area contributed by atoms with Crippen LogP contribution in [0.4, 0.5) is 17.1 Å². The molecular weight excluding hydrogens is 276 g/mol. The molecule has 0 spiro atoms. The summed E-state index contributed by atoms with van der Waals surface area (Å²) in [5.74, 6) is -0.165. The Morgan fingerprint density at radius 3 is 2.36 bits per heavy atom. The smallest absolute Gasteiger partial charge is 0.270 e. The first-order valence-corrected chi connectivity index (χ1v) is 7.27. The van der Waals surface area contributed by atoms with Gasteiger partial charge < -0.3 is 15.5 Å². The van der Waals surface area contributed by atoms with E-state index in [1.54, 1.807) is 12.3 Å². The van der Waals surface area contributed by atoms with Gasteiger partial charge >= 0.3 is 0 Å². The molecule has 0 radical (unpaired) electrons.